The van der Waals surface area contributed by atoms with Gasteiger partial charge in [0.2, 0.25) is 5.78 Å². The molecule has 1 aliphatic rings. The van der Waals surface area contributed by atoms with E-state index in [1.807, 2.05) is 5.32 Å². The molecule has 0 saturated carbocycles. The lowest BCUT2D eigenvalue weighted by Crippen LogP contribution is -2.35. The van der Waals surface area contributed by atoms with Crippen LogP contribution in [0.15, 0.2) is 54.7 Å². The van der Waals surface area contributed by atoms with E-state index in [9.17, 15) is 22.8 Å². The summed E-state index contributed by atoms with van der Waals surface area (Å²) >= 11 is 0. The van der Waals surface area contributed by atoms with Crippen molar-refractivity contribution in [2.24, 2.45) is 0 Å². The van der Waals surface area contributed by atoms with E-state index in [1.165, 1.54) is 24.4 Å². The fourth-order valence-corrected chi connectivity index (χ4v) is 3.99. The van der Waals surface area contributed by atoms with Gasteiger partial charge in [0, 0.05) is 23.7 Å². The largest absolute Gasteiger partial charge is 0.378 e. The number of fused-ring (bicyclic) bond motifs is 1. The Kier molecular flexibility index (Phi) is 6.99. The molecular weight excluding hydrogens is 506 g/mol. The van der Waals surface area contributed by atoms with Crippen molar-refractivity contribution in [2.45, 2.75) is 6.04 Å². The summed E-state index contributed by atoms with van der Waals surface area (Å²) in [5, 5.41) is 7.98. The fourth-order valence-electron chi connectivity index (χ4n) is 3.99. The number of anilines is 2. The Bertz CT molecular complexity index is 1560. The van der Waals surface area contributed by atoms with Gasteiger partial charge >= 0.3 is 6.03 Å². The predicted molar refractivity (Wildman–Crippen MR) is 130 cm³/mol. The molecule has 1 aliphatic heterocycles. The number of morpholine rings is 1. The first-order valence-corrected chi connectivity index (χ1v) is 11.4. The third-order valence-electron chi connectivity index (χ3n) is 5.82. The number of benzene rings is 2. The van der Waals surface area contributed by atoms with Crippen LogP contribution in [0.4, 0.5) is 33.7 Å². The third kappa shape index (κ3) is 5.17. The monoisotopic (exact) mass is 525 g/mol. The Labute approximate surface area is 213 Å². The molecule has 2 aromatic heterocycles. The zero-order valence-corrected chi connectivity index (χ0v) is 19.5. The van der Waals surface area contributed by atoms with Gasteiger partial charge in [-0.15, -0.1) is 0 Å². The van der Waals surface area contributed by atoms with Crippen LogP contribution >= 0.6 is 0 Å². The molecule has 12 heteroatoms. The number of hydrogen-bond acceptors (Lipinski definition) is 6. The van der Waals surface area contributed by atoms with Gasteiger partial charge in [-0.3, -0.25) is 9.78 Å². The Morgan fingerprint density at radius 3 is 2.61 bits per heavy atom. The minimum atomic E-state index is -1.73. The van der Waals surface area contributed by atoms with Crippen molar-refractivity contribution in [3.63, 3.8) is 0 Å². The molecule has 38 heavy (non-hydrogen) atoms. The van der Waals surface area contributed by atoms with Gasteiger partial charge in [-0.1, -0.05) is 12.1 Å². The lowest BCUT2D eigenvalue weighted by molar-refractivity contribution is 0.0757. The van der Waals surface area contributed by atoms with Gasteiger partial charge in [0.25, 0.3) is 0 Å². The molecule has 0 radical (unpaired) electrons. The summed E-state index contributed by atoms with van der Waals surface area (Å²) in [5.41, 5.74) is -1.22. The second kappa shape index (κ2) is 10.5. The van der Waals surface area contributed by atoms with Crippen molar-refractivity contribution in [3.05, 3.63) is 94.9 Å². The van der Waals surface area contributed by atoms with Crippen LogP contribution in [0.2, 0.25) is 0 Å². The molecule has 2 aromatic carbocycles. The fraction of sp³-hybridized carbons (Fsp3) is 0.154. The van der Waals surface area contributed by atoms with Crippen LogP contribution in [0, 0.1) is 23.3 Å². The summed E-state index contributed by atoms with van der Waals surface area (Å²) in [7, 11) is 0. The van der Waals surface area contributed by atoms with Crippen molar-refractivity contribution >= 4 is 34.1 Å². The lowest BCUT2D eigenvalue weighted by atomic mass is 10.0. The molecule has 0 aliphatic carbocycles. The summed E-state index contributed by atoms with van der Waals surface area (Å²) in [6.45, 7) is 1.71. The number of urea groups is 1. The molecule has 3 heterocycles. The van der Waals surface area contributed by atoms with E-state index in [0.717, 1.165) is 12.1 Å². The summed E-state index contributed by atoms with van der Waals surface area (Å²) in [6, 6.07) is 8.74. The van der Waals surface area contributed by atoms with Crippen molar-refractivity contribution in [2.75, 3.05) is 30.4 Å². The van der Waals surface area contributed by atoms with Crippen LogP contribution in [-0.2, 0) is 4.74 Å². The SMILES string of the molecule is O=C(Nc1cccc(F)c1)Nc1cc(F)c(F)c(C(=O)c2cc3ccc(C4COCCN4)nc3cn2)c1F. The molecule has 1 atom stereocenters. The van der Waals surface area contributed by atoms with Crippen molar-refractivity contribution < 1.29 is 31.9 Å². The van der Waals surface area contributed by atoms with E-state index >= 15 is 4.39 Å². The summed E-state index contributed by atoms with van der Waals surface area (Å²) in [4.78, 5) is 33.8. The molecule has 5 rings (SSSR count). The number of aromatic nitrogens is 2. The van der Waals surface area contributed by atoms with Gasteiger partial charge in [-0.05, 0) is 30.3 Å². The smallest absolute Gasteiger partial charge is 0.323 e. The minimum Gasteiger partial charge on any atom is -0.378 e. The zero-order chi connectivity index (χ0) is 26.8. The normalized spacial score (nSPS) is 15.3. The van der Waals surface area contributed by atoms with Gasteiger partial charge < -0.3 is 20.7 Å². The van der Waals surface area contributed by atoms with Crippen LogP contribution in [0.5, 0.6) is 0 Å². The standard InChI is InChI=1S/C26H19F4N5O3/c27-14-2-1-3-15(9-14)33-26(37)35-18-10-16(28)23(29)22(24(18)30)25(36)19-8-13-4-5-17(34-20(13)11-32-19)21-12-38-7-6-31-21/h1-5,8-11,21,31H,6-7,12H2,(H2,33,35,37). The number of nitrogens with one attached hydrogen (secondary N) is 3. The van der Waals surface area contributed by atoms with Crippen LogP contribution < -0.4 is 16.0 Å². The topological polar surface area (TPSA) is 105 Å². The Hall–Kier alpha value is -4.42. The van der Waals surface area contributed by atoms with Gasteiger partial charge in [0.15, 0.2) is 17.5 Å². The van der Waals surface area contributed by atoms with E-state index in [2.05, 4.69) is 20.6 Å². The van der Waals surface area contributed by atoms with Crippen LogP contribution in [0.25, 0.3) is 10.9 Å². The quantitative estimate of drug-likeness (QED) is 0.198. The highest BCUT2D eigenvalue weighted by Gasteiger charge is 2.27. The van der Waals surface area contributed by atoms with Gasteiger partial charge in [0.1, 0.15) is 17.1 Å². The Morgan fingerprint density at radius 1 is 1.00 bits per heavy atom. The van der Waals surface area contributed by atoms with E-state index in [4.69, 9.17) is 4.74 Å². The number of halogens is 4. The number of carbonyl (C=O) groups is 2. The maximum Gasteiger partial charge on any atom is 0.323 e. The predicted octanol–water partition coefficient (Wildman–Crippen LogP) is 4.72. The second-order valence-corrected chi connectivity index (χ2v) is 8.41. The van der Waals surface area contributed by atoms with E-state index in [1.54, 1.807) is 12.1 Å². The van der Waals surface area contributed by atoms with Crippen molar-refractivity contribution in [3.8, 4) is 0 Å². The summed E-state index contributed by atoms with van der Waals surface area (Å²) in [6.07, 6.45) is 1.27. The molecule has 1 fully saturated rings. The highest BCUT2D eigenvalue weighted by atomic mass is 19.2. The number of amides is 2. The number of pyridine rings is 2. The maximum absolute atomic E-state index is 15.2. The number of ketones is 1. The number of ether oxygens (including phenoxy) is 1. The molecule has 0 bridgehead atoms. The molecule has 0 spiro atoms. The van der Waals surface area contributed by atoms with E-state index < -0.39 is 46.3 Å². The molecule has 3 N–H and O–H groups in total. The van der Waals surface area contributed by atoms with E-state index in [0.29, 0.717) is 42.4 Å². The van der Waals surface area contributed by atoms with Gasteiger partial charge in [-0.25, -0.2) is 27.3 Å². The second-order valence-electron chi connectivity index (χ2n) is 8.41. The average Bonchev–Trinajstić information content (AvgIpc) is 2.91. The highest BCUT2D eigenvalue weighted by Crippen LogP contribution is 2.27. The number of hydrogen-bond donors (Lipinski definition) is 3. The van der Waals surface area contributed by atoms with Crippen molar-refractivity contribution in [1.82, 2.24) is 15.3 Å². The minimum absolute atomic E-state index is 0.0331. The summed E-state index contributed by atoms with van der Waals surface area (Å²) in [5.74, 6) is -6.67. The van der Waals surface area contributed by atoms with Crippen molar-refractivity contribution in [1.29, 1.82) is 0 Å². The van der Waals surface area contributed by atoms with Gasteiger partial charge in [0.05, 0.1) is 42.4 Å². The molecule has 1 saturated heterocycles. The van der Waals surface area contributed by atoms with Crippen LogP contribution in [-0.4, -0.2) is 41.5 Å². The van der Waals surface area contributed by atoms with E-state index in [-0.39, 0.29) is 17.4 Å². The molecule has 1 unspecified atom stereocenters. The Morgan fingerprint density at radius 2 is 1.84 bits per heavy atom. The average molecular weight is 525 g/mol. The first-order chi connectivity index (χ1) is 18.3. The molecular formula is C26H19F4N5O3. The first kappa shape index (κ1) is 25.2. The molecule has 194 valence electrons. The number of carbonyl (C=O) groups excluding carboxylic acids is 2. The maximum atomic E-state index is 15.2. The number of nitrogens with zero attached hydrogens (tertiary/aromatic N) is 2. The summed E-state index contributed by atoms with van der Waals surface area (Å²) < 4.78 is 62.9. The third-order valence-corrected chi connectivity index (χ3v) is 5.82. The molecule has 2 amide bonds. The van der Waals surface area contributed by atoms with Crippen LogP contribution in [0.3, 0.4) is 0 Å². The Balaban J connectivity index is 1.41. The lowest BCUT2D eigenvalue weighted by Gasteiger charge is -2.23. The highest BCUT2D eigenvalue weighted by molar-refractivity contribution is 6.10. The zero-order valence-electron chi connectivity index (χ0n) is 19.5. The van der Waals surface area contributed by atoms with Crippen LogP contribution in [0.1, 0.15) is 27.8 Å². The van der Waals surface area contributed by atoms with Gasteiger partial charge in [-0.2, -0.15) is 0 Å². The first-order valence-electron chi connectivity index (χ1n) is 11.4. The molecule has 4 aromatic rings. The number of rotatable bonds is 5. The molecule has 8 nitrogen and oxygen atoms in total.